The highest BCUT2D eigenvalue weighted by Crippen LogP contribution is 2.27. The molecule has 1 aliphatic rings. The molecular formula is C22H31N5O3. The van der Waals surface area contributed by atoms with Crippen molar-refractivity contribution in [3.63, 3.8) is 0 Å². The summed E-state index contributed by atoms with van der Waals surface area (Å²) in [4.78, 5) is 28.6. The number of nitrogens with one attached hydrogen (secondary N) is 1. The lowest BCUT2D eigenvalue weighted by atomic mass is 10.0. The first kappa shape index (κ1) is 21.8. The first-order valence-corrected chi connectivity index (χ1v) is 10.3. The van der Waals surface area contributed by atoms with E-state index in [-0.39, 0.29) is 30.5 Å². The number of carbonyl (C=O) groups excluding carboxylic acids is 2. The number of anilines is 1. The van der Waals surface area contributed by atoms with Gasteiger partial charge in [0.2, 0.25) is 11.8 Å². The van der Waals surface area contributed by atoms with E-state index in [9.17, 15) is 9.59 Å². The molecule has 2 aromatic rings. The van der Waals surface area contributed by atoms with E-state index in [2.05, 4.69) is 15.3 Å². The number of nitrogens with zero attached hydrogens (tertiary/aromatic N) is 4. The summed E-state index contributed by atoms with van der Waals surface area (Å²) in [6.45, 7) is 9.48. The molecule has 0 aliphatic carbocycles. The lowest BCUT2D eigenvalue weighted by molar-refractivity contribution is -0.132. The molecule has 1 fully saturated rings. The van der Waals surface area contributed by atoms with E-state index in [0.29, 0.717) is 19.6 Å². The summed E-state index contributed by atoms with van der Waals surface area (Å²) < 4.78 is 7.42. The molecule has 1 aliphatic heterocycles. The van der Waals surface area contributed by atoms with Crippen LogP contribution in [-0.2, 0) is 16.6 Å². The highest BCUT2D eigenvalue weighted by Gasteiger charge is 2.30. The number of piperazine rings is 1. The van der Waals surface area contributed by atoms with Crippen LogP contribution in [0.5, 0.6) is 5.75 Å². The van der Waals surface area contributed by atoms with Crippen LogP contribution in [0.15, 0.2) is 30.5 Å². The van der Waals surface area contributed by atoms with E-state index >= 15 is 0 Å². The lowest BCUT2D eigenvalue weighted by Gasteiger charge is -2.41. The van der Waals surface area contributed by atoms with Crippen LogP contribution in [0, 0.1) is 6.92 Å². The number of amides is 2. The van der Waals surface area contributed by atoms with Crippen LogP contribution < -0.4 is 10.1 Å². The van der Waals surface area contributed by atoms with Gasteiger partial charge in [0.05, 0.1) is 30.1 Å². The lowest BCUT2D eigenvalue weighted by Crippen LogP contribution is -2.51. The predicted octanol–water partition coefficient (Wildman–Crippen LogP) is 2.36. The third kappa shape index (κ3) is 5.38. The van der Waals surface area contributed by atoms with Crippen molar-refractivity contribution in [1.29, 1.82) is 0 Å². The second kappa shape index (κ2) is 9.30. The highest BCUT2D eigenvalue weighted by molar-refractivity contribution is 5.92. The predicted molar refractivity (Wildman–Crippen MR) is 115 cm³/mol. The van der Waals surface area contributed by atoms with Gasteiger partial charge in [-0.1, -0.05) is 12.1 Å². The third-order valence-corrected chi connectivity index (χ3v) is 5.21. The maximum absolute atomic E-state index is 12.7. The molecule has 1 aromatic heterocycles. The average Bonchev–Trinajstić information content (AvgIpc) is 2.99. The van der Waals surface area contributed by atoms with Gasteiger partial charge in [0.1, 0.15) is 5.75 Å². The van der Waals surface area contributed by atoms with Gasteiger partial charge in [-0.3, -0.25) is 19.2 Å². The van der Waals surface area contributed by atoms with Crippen LogP contribution in [0.25, 0.3) is 0 Å². The minimum Gasteiger partial charge on any atom is -0.491 e. The number of rotatable bonds is 6. The Hall–Kier alpha value is -2.87. The smallest absolute Gasteiger partial charge is 0.238 e. The van der Waals surface area contributed by atoms with Crippen LogP contribution in [0.2, 0.25) is 0 Å². The van der Waals surface area contributed by atoms with Gasteiger partial charge in [0, 0.05) is 39.8 Å². The van der Waals surface area contributed by atoms with Crippen molar-refractivity contribution in [2.75, 3.05) is 31.5 Å². The van der Waals surface area contributed by atoms with Gasteiger partial charge in [-0.2, -0.15) is 5.10 Å². The van der Waals surface area contributed by atoms with Gasteiger partial charge >= 0.3 is 0 Å². The fourth-order valence-electron chi connectivity index (χ4n) is 3.75. The summed E-state index contributed by atoms with van der Waals surface area (Å²) in [6.07, 6.45) is 1.90. The van der Waals surface area contributed by atoms with Crippen molar-refractivity contribution in [3.05, 3.63) is 41.7 Å². The van der Waals surface area contributed by atoms with Crippen LogP contribution in [-0.4, -0.2) is 63.7 Å². The SMILES string of the molecule is CC(=O)N1CCN(CC(=O)Nc2cn(C)nc2C)[C@@H](c2ccc(OC(C)C)cc2)C1. The summed E-state index contributed by atoms with van der Waals surface area (Å²) in [7, 11) is 1.83. The zero-order valence-electron chi connectivity index (χ0n) is 18.4. The second-order valence-electron chi connectivity index (χ2n) is 8.04. The van der Waals surface area contributed by atoms with Crippen molar-refractivity contribution < 1.29 is 14.3 Å². The maximum Gasteiger partial charge on any atom is 0.238 e. The van der Waals surface area contributed by atoms with E-state index in [0.717, 1.165) is 22.7 Å². The molecule has 30 heavy (non-hydrogen) atoms. The topological polar surface area (TPSA) is 79.7 Å². The van der Waals surface area contributed by atoms with Crippen LogP contribution in [0.1, 0.15) is 38.1 Å². The number of benzene rings is 1. The molecule has 162 valence electrons. The molecule has 1 atom stereocenters. The Morgan fingerprint density at radius 1 is 1.23 bits per heavy atom. The quantitative estimate of drug-likeness (QED) is 0.786. The van der Waals surface area contributed by atoms with E-state index in [4.69, 9.17) is 4.74 Å². The Balaban J connectivity index is 1.74. The fourth-order valence-corrected chi connectivity index (χ4v) is 3.75. The molecule has 0 radical (unpaired) electrons. The normalized spacial score (nSPS) is 17.3. The molecule has 3 rings (SSSR count). The van der Waals surface area contributed by atoms with Crippen molar-refractivity contribution in [1.82, 2.24) is 19.6 Å². The minimum atomic E-state index is -0.0906. The second-order valence-corrected chi connectivity index (χ2v) is 8.04. The molecular weight excluding hydrogens is 382 g/mol. The van der Waals surface area contributed by atoms with Gasteiger partial charge in [0.25, 0.3) is 0 Å². The molecule has 1 aromatic carbocycles. The minimum absolute atomic E-state index is 0.0508. The molecule has 2 amide bonds. The molecule has 0 saturated carbocycles. The van der Waals surface area contributed by atoms with Gasteiger partial charge in [-0.15, -0.1) is 0 Å². The van der Waals surface area contributed by atoms with Crippen LogP contribution in [0.4, 0.5) is 5.69 Å². The van der Waals surface area contributed by atoms with Gasteiger partial charge < -0.3 is 15.0 Å². The van der Waals surface area contributed by atoms with Crippen LogP contribution in [0.3, 0.4) is 0 Å². The first-order chi connectivity index (χ1) is 14.2. The largest absolute Gasteiger partial charge is 0.491 e. The van der Waals surface area contributed by atoms with Crippen molar-refractivity contribution in [3.8, 4) is 5.75 Å². The number of carbonyl (C=O) groups is 2. The Bertz CT molecular complexity index is 891. The number of hydrogen-bond donors (Lipinski definition) is 1. The molecule has 0 unspecified atom stereocenters. The van der Waals surface area contributed by atoms with Gasteiger partial charge in [-0.05, 0) is 38.5 Å². The van der Waals surface area contributed by atoms with Crippen molar-refractivity contribution >= 4 is 17.5 Å². The Morgan fingerprint density at radius 3 is 2.50 bits per heavy atom. The highest BCUT2D eigenvalue weighted by atomic mass is 16.5. The van der Waals surface area contributed by atoms with Gasteiger partial charge in [0.15, 0.2) is 0 Å². The zero-order valence-corrected chi connectivity index (χ0v) is 18.4. The summed E-state index contributed by atoms with van der Waals surface area (Å²) in [5, 5.41) is 7.21. The number of aryl methyl sites for hydroxylation is 2. The summed E-state index contributed by atoms with van der Waals surface area (Å²) in [5.74, 6) is 0.770. The monoisotopic (exact) mass is 413 g/mol. The molecule has 0 spiro atoms. The Kier molecular flexibility index (Phi) is 6.77. The summed E-state index contributed by atoms with van der Waals surface area (Å²) in [6, 6.07) is 7.86. The number of ether oxygens (including phenoxy) is 1. The van der Waals surface area contributed by atoms with E-state index in [1.54, 1.807) is 17.8 Å². The first-order valence-electron chi connectivity index (χ1n) is 10.3. The number of aromatic nitrogens is 2. The molecule has 2 heterocycles. The van der Waals surface area contributed by atoms with Crippen molar-refractivity contribution in [2.24, 2.45) is 7.05 Å². The zero-order chi connectivity index (χ0) is 21.8. The Morgan fingerprint density at radius 2 is 1.93 bits per heavy atom. The molecule has 0 bridgehead atoms. The fraction of sp³-hybridized carbons (Fsp3) is 0.500. The van der Waals surface area contributed by atoms with E-state index in [1.165, 1.54) is 0 Å². The summed E-state index contributed by atoms with van der Waals surface area (Å²) in [5.41, 5.74) is 2.56. The molecule has 1 saturated heterocycles. The molecule has 8 heteroatoms. The third-order valence-electron chi connectivity index (χ3n) is 5.21. The molecule has 8 nitrogen and oxygen atoms in total. The van der Waals surface area contributed by atoms with E-state index < -0.39 is 0 Å². The van der Waals surface area contributed by atoms with Gasteiger partial charge in [-0.25, -0.2) is 0 Å². The number of hydrogen-bond acceptors (Lipinski definition) is 5. The maximum atomic E-state index is 12.7. The summed E-state index contributed by atoms with van der Waals surface area (Å²) >= 11 is 0. The average molecular weight is 414 g/mol. The molecule has 1 N–H and O–H groups in total. The Labute approximate surface area is 177 Å². The standard InChI is InChI=1S/C22H31N5O3/c1-15(2)30-19-8-6-18(7-9-19)21-13-26(17(4)28)10-11-27(21)14-22(29)23-20-12-25(5)24-16(20)3/h6-9,12,15,21H,10-11,13-14H2,1-5H3,(H,23,29)/t21-/m1/s1. The van der Waals surface area contributed by atoms with E-state index in [1.807, 2.05) is 57.0 Å². The van der Waals surface area contributed by atoms with Crippen molar-refractivity contribution in [2.45, 2.75) is 39.8 Å². The van der Waals surface area contributed by atoms with Crippen LogP contribution >= 0.6 is 0 Å².